The molecule has 1 atom stereocenters. The summed E-state index contributed by atoms with van der Waals surface area (Å²) in [6.45, 7) is 7.69. The fourth-order valence-electron chi connectivity index (χ4n) is 1.42. The van der Waals surface area contributed by atoms with Crippen molar-refractivity contribution in [3.05, 3.63) is 23.4 Å². The van der Waals surface area contributed by atoms with Crippen molar-refractivity contribution >= 4 is 11.7 Å². The normalized spacial score (nSPS) is 12.6. The Bertz CT molecular complexity index is 368. The van der Waals surface area contributed by atoms with Crippen molar-refractivity contribution in [3.63, 3.8) is 0 Å². The monoisotopic (exact) mass is 221 g/mol. The van der Waals surface area contributed by atoms with Crippen LogP contribution in [0.4, 0.5) is 5.82 Å². The lowest BCUT2D eigenvalue weighted by Crippen LogP contribution is -2.39. The van der Waals surface area contributed by atoms with Gasteiger partial charge in [-0.15, -0.1) is 0 Å². The molecule has 4 heteroatoms. The number of anilines is 1. The van der Waals surface area contributed by atoms with Gasteiger partial charge in [0.1, 0.15) is 5.82 Å². The third-order valence-electron chi connectivity index (χ3n) is 2.37. The number of nitrogens with two attached hydrogens (primary N) is 1. The minimum Gasteiger partial charge on any atom is -0.320 e. The molecule has 0 fully saturated rings. The van der Waals surface area contributed by atoms with Gasteiger partial charge in [-0.2, -0.15) is 0 Å². The molecule has 0 bridgehead atoms. The maximum absolute atomic E-state index is 11.7. The number of amides is 1. The Morgan fingerprint density at radius 3 is 2.50 bits per heavy atom. The zero-order valence-electron chi connectivity index (χ0n) is 10.2. The molecule has 0 aliphatic carbocycles. The Kier molecular flexibility index (Phi) is 4.01. The fourth-order valence-corrected chi connectivity index (χ4v) is 1.42. The summed E-state index contributed by atoms with van der Waals surface area (Å²) >= 11 is 0. The maximum Gasteiger partial charge on any atom is 0.242 e. The molecule has 4 nitrogen and oxygen atoms in total. The number of pyridine rings is 1. The molecule has 88 valence electrons. The standard InChI is InChI=1S/C12H19N3O/c1-7(2)11(13)12(16)15-10-6-8(3)5-9(4)14-10/h5-7,11H,13H2,1-4H3,(H,14,15,16)/t11-/m0/s1. The first-order valence-corrected chi connectivity index (χ1v) is 5.42. The summed E-state index contributed by atoms with van der Waals surface area (Å²) in [5.41, 5.74) is 7.70. The van der Waals surface area contributed by atoms with Crippen molar-refractivity contribution in [2.75, 3.05) is 5.32 Å². The van der Waals surface area contributed by atoms with E-state index in [2.05, 4.69) is 10.3 Å². The van der Waals surface area contributed by atoms with Crippen LogP contribution < -0.4 is 11.1 Å². The van der Waals surface area contributed by atoms with E-state index < -0.39 is 6.04 Å². The lowest BCUT2D eigenvalue weighted by atomic mass is 10.1. The Balaban J connectivity index is 2.77. The van der Waals surface area contributed by atoms with Gasteiger partial charge in [0.15, 0.2) is 0 Å². The van der Waals surface area contributed by atoms with E-state index in [0.717, 1.165) is 11.3 Å². The van der Waals surface area contributed by atoms with Crippen LogP contribution in [0.25, 0.3) is 0 Å². The summed E-state index contributed by atoms with van der Waals surface area (Å²) in [5, 5.41) is 2.73. The highest BCUT2D eigenvalue weighted by Gasteiger charge is 2.17. The van der Waals surface area contributed by atoms with E-state index in [9.17, 15) is 4.79 Å². The second-order valence-corrected chi connectivity index (χ2v) is 4.43. The zero-order valence-corrected chi connectivity index (χ0v) is 10.2. The van der Waals surface area contributed by atoms with Crippen molar-refractivity contribution in [3.8, 4) is 0 Å². The van der Waals surface area contributed by atoms with Crippen LogP contribution >= 0.6 is 0 Å². The molecule has 0 spiro atoms. The van der Waals surface area contributed by atoms with Crippen LogP contribution in [-0.4, -0.2) is 16.9 Å². The molecular formula is C12H19N3O. The molecule has 0 aliphatic rings. The first kappa shape index (κ1) is 12.6. The molecule has 1 rings (SSSR count). The van der Waals surface area contributed by atoms with Gasteiger partial charge in [0.05, 0.1) is 6.04 Å². The van der Waals surface area contributed by atoms with E-state index in [4.69, 9.17) is 5.73 Å². The molecule has 0 radical (unpaired) electrons. The van der Waals surface area contributed by atoms with Gasteiger partial charge < -0.3 is 11.1 Å². The molecular weight excluding hydrogens is 202 g/mol. The second-order valence-electron chi connectivity index (χ2n) is 4.43. The number of aryl methyl sites for hydroxylation is 2. The van der Waals surface area contributed by atoms with Gasteiger partial charge in [-0.3, -0.25) is 4.79 Å². The second kappa shape index (κ2) is 5.07. The van der Waals surface area contributed by atoms with E-state index in [1.807, 2.05) is 39.8 Å². The lowest BCUT2D eigenvalue weighted by molar-refractivity contribution is -0.118. The first-order chi connectivity index (χ1) is 7.40. The molecule has 3 N–H and O–H groups in total. The van der Waals surface area contributed by atoms with Crippen molar-refractivity contribution in [1.29, 1.82) is 0 Å². The van der Waals surface area contributed by atoms with E-state index in [-0.39, 0.29) is 11.8 Å². The third kappa shape index (κ3) is 3.31. The Morgan fingerprint density at radius 1 is 1.38 bits per heavy atom. The van der Waals surface area contributed by atoms with E-state index in [1.54, 1.807) is 0 Å². The molecule has 0 saturated carbocycles. The molecule has 0 aromatic carbocycles. The van der Waals surface area contributed by atoms with E-state index in [0.29, 0.717) is 5.82 Å². The first-order valence-electron chi connectivity index (χ1n) is 5.42. The summed E-state index contributed by atoms with van der Waals surface area (Å²) in [4.78, 5) is 15.9. The average molecular weight is 221 g/mol. The smallest absolute Gasteiger partial charge is 0.242 e. The molecule has 16 heavy (non-hydrogen) atoms. The highest BCUT2D eigenvalue weighted by molar-refractivity contribution is 5.94. The average Bonchev–Trinajstić information content (AvgIpc) is 2.14. The number of hydrogen-bond donors (Lipinski definition) is 2. The molecule has 1 aromatic rings. The molecule has 1 heterocycles. The van der Waals surface area contributed by atoms with Gasteiger partial charge in [-0.25, -0.2) is 4.98 Å². The Hall–Kier alpha value is -1.42. The van der Waals surface area contributed by atoms with Crippen LogP contribution in [0, 0.1) is 19.8 Å². The van der Waals surface area contributed by atoms with Crippen molar-refractivity contribution in [2.45, 2.75) is 33.7 Å². The number of carbonyl (C=O) groups excluding carboxylic acids is 1. The number of rotatable bonds is 3. The molecule has 0 aliphatic heterocycles. The Morgan fingerprint density at radius 2 is 2.00 bits per heavy atom. The van der Waals surface area contributed by atoms with Crippen molar-refractivity contribution in [1.82, 2.24) is 4.98 Å². The fraction of sp³-hybridized carbons (Fsp3) is 0.500. The minimum atomic E-state index is -0.498. The number of nitrogens with zero attached hydrogens (tertiary/aromatic N) is 1. The summed E-state index contributed by atoms with van der Waals surface area (Å²) in [5.74, 6) is 0.497. The largest absolute Gasteiger partial charge is 0.320 e. The summed E-state index contributed by atoms with van der Waals surface area (Å²) < 4.78 is 0. The Labute approximate surface area is 96.3 Å². The summed E-state index contributed by atoms with van der Waals surface area (Å²) in [6.07, 6.45) is 0. The zero-order chi connectivity index (χ0) is 12.3. The van der Waals surface area contributed by atoms with Gasteiger partial charge in [0.25, 0.3) is 0 Å². The summed E-state index contributed by atoms with van der Waals surface area (Å²) in [6, 6.07) is 3.29. The minimum absolute atomic E-state index is 0.117. The van der Waals surface area contributed by atoms with E-state index in [1.165, 1.54) is 0 Å². The van der Waals surface area contributed by atoms with Crippen molar-refractivity contribution < 1.29 is 4.79 Å². The van der Waals surface area contributed by atoms with Crippen LogP contribution in [-0.2, 0) is 4.79 Å². The van der Waals surface area contributed by atoms with Crippen molar-refractivity contribution in [2.24, 2.45) is 11.7 Å². The van der Waals surface area contributed by atoms with Crippen LogP contribution in [0.15, 0.2) is 12.1 Å². The topological polar surface area (TPSA) is 68.0 Å². The maximum atomic E-state index is 11.7. The number of hydrogen-bond acceptors (Lipinski definition) is 3. The number of carbonyl (C=O) groups is 1. The lowest BCUT2D eigenvalue weighted by Gasteiger charge is -2.15. The van der Waals surface area contributed by atoms with Crippen LogP contribution in [0.5, 0.6) is 0 Å². The van der Waals surface area contributed by atoms with Crippen LogP contribution in [0.1, 0.15) is 25.1 Å². The highest BCUT2D eigenvalue weighted by Crippen LogP contribution is 2.10. The van der Waals surface area contributed by atoms with Crippen LogP contribution in [0.2, 0.25) is 0 Å². The highest BCUT2D eigenvalue weighted by atomic mass is 16.2. The molecule has 1 aromatic heterocycles. The van der Waals surface area contributed by atoms with Gasteiger partial charge in [-0.1, -0.05) is 13.8 Å². The van der Waals surface area contributed by atoms with Crippen LogP contribution in [0.3, 0.4) is 0 Å². The SMILES string of the molecule is Cc1cc(C)nc(NC(=O)[C@@H](N)C(C)C)c1. The predicted octanol–water partition coefficient (Wildman–Crippen LogP) is 1.62. The van der Waals surface area contributed by atoms with Gasteiger partial charge >= 0.3 is 0 Å². The number of aromatic nitrogens is 1. The molecule has 1 amide bonds. The quantitative estimate of drug-likeness (QED) is 0.815. The van der Waals surface area contributed by atoms with Gasteiger partial charge in [-0.05, 0) is 37.5 Å². The summed E-state index contributed by atoms with van der Waals surface area (Å²) in [7, 11) is 0. The molecule has 0 saturated heterocycles. The predicted molar refractivity (Wildman–Crippen MR) is 65.2 cm³/mol. The van der Waals surface area contributed by atoms with Gasteiger partial charge in [0, 0.05) is 5.69 Å². The van der Waals surface area contributed by atoms with E-state index >= 15 is 0 Å². The number of nitrogens with one attached hydrogen (secondary N) is 1. The van der Waals surface area contributed by atoms with Gasteiger partial charge in [0.2, 0.25) is 5.91 Å². The third-order valence-corrected chi connectivity index (χ3v) is 2.37. The molecule has 0 unspecified atom stereocenters.